The number of carbonyl (C=O) groups is 2. The van der Waals surface area contributed by atoms with Crippen LogP contribution in [0.25, 0.3) is 0 Å². The summed E-state index contributed by atoms with van der Waals surface area (Å²) < 4.78 is 0.968. The zero-order chi connectivity index (χ0) is 35.5. The maximum Gasteiger partial charge on any atom is 0.226 e. The van der Waals surface area contributed by atoms with Gasteiger partial charge in [0.25, 0.3) is 0 Å². The van der Waals surface area contributed by atoms with Crippen molar-refractivity contribution in [2.45, 2.75) is 232 Å². The lowest BCUT2D eigenvalue weighted by Gasteiger charge is -2.38. The molecule has 0 saturated carbocycles. The van der Waals surface area contributed by atoms with Crippen LogP contribution in [0.1, 0.15) is 232 Å². The second-order valence-electron chi connectivity index (χ2n) is 16.3. The summed E-state index contributed by atoms with van der Waals surface area (Å²) in [6, 6.07) is 0. The molecule has 1 heterocycles. The Balaban J connectivity index is 0.0000240. The number of rotatable bonds is 38. The lowest BCUT2D eigenvalue weighted by molar-refractivity contribution is -0.918. The molecule has 0 radical (unpaired) electrons. The normalized spacial score (nSPS) is 14.2. The number of hydrogen-bond acceptors (Lipinski definition) is 2. The number of likely N-dealkylation sites (tertiary alicyclic amines) is 1. The number of quaternary nitrogens is 1. The van der Waals surface area contributed by atoms with Gasteiger partial charge >= 0.3 is 0 Å². The minimum atomic E-state index is 0. The first-order valence-electron chi connectivity index (χ1n) is 22.4. The van der Waals surface area contributed by atoms with Crippen LogP contribution in [-0.4, -0.2) is 61.1 Å². The molecular formula is C44H88ClN3O2. The van der Waals surface area contributed by atoms with Crippen molar-refractivity contribution in [2.75, 3.05) is 39.9 Å². The van der Waals surface area contributed by atoms with Gasteiger partial charge in [0, 0.05) is 25.9 Å². The standard InChI is InChI=1S/C44H87N3O2.ClH/c1-4-6-8-10-12-14-16-17-18-19-20-21-22-23-24-25-27-29-31-36-43(48)45-38-32-34-41-47(3,42-46-39-35-37-44(46)49)40-33-30-28-26-15-13-11-9-7-5-2;/h4-42H2,1-3H3;1H. The molecule has 2 amide bonds. The summed E-state index contributed by atoms with van der Waals surface area (Å²) in [6.07, 6.45) is 44.4. The Bertz CT molecular complexity index is 751. The van der Waals surface area contributed by atoms with E-state index in [1.54, 1.807) is 0 Å². The van der Waals surface area contributed by atoms with E-state index in [0.29, 0.717) is 12.3 Å². The van der Waals surface area contributed by atoms with Crippen LogP contribution in [0.5, 0.6) is 0 Å². The Morgan fingerprint density at radius 1 is 0.560 bits per heavy atom. The fourth-order valence-electron chi connectivity index (χ4n) is 7.80. The van der Waals surface area contributed by atoms with Crippen LogP contribution in [0.15, 0.2) is 0 Å². The fraction of sp³-hybridized carbons (Fsp3) is 0.955. The number of carbonyl (C=O) groups excluding carboxylic acids is 2. The first-order valence-corrected chi connectivity index (χ1v) is 22.4. The van der Waals surface area contributed by atoms with Gasteiger partial charge in [0.15, 0.2) is 6.67 Å². The van der Waals surface area contributed by atoms with Gasteiger partial charge < -0.3 is 22.2 Å². The smallest absolute Gasteiger partial charge is 0.226 e. The van der Waals surface area contributed by atoms with Crippen LogP contribution < -0.4 is 17.7 Å². The Morgan fingerprint density at radius 3 is 1.30 bits per heavy atom. The van der Waals surface area contributed by atoms with Crippen LogP contribution in [0.4, 0.5) is 0 Å². The molecule has 1 rings (SSSR count). The zero-order valence-electron chi connectivity index (χ0n) is 34.2. The van der Waals surface area contributed by atoms with Crippen molar-refractivity contribution in [1.82, 2.24) is 10.2 Å². The molecule has 1 saturated heterocycles. The molecule has 1 aliphatic rings. The lowest BCUT2D eigenvalue weighted by atomic mass is 10.0. The molecule has 50 heavy (non-hydrogen) atoms. The number of nitrogens with zero attached hydrogens (tertiary/aromatic N) is 2. The molecule has 1 fully saturated rings. The first-order chi connectivity index (χ1) is 24.0. The molecule has 298 valence electrons. The number of unbranched alkanes of at least 4 members (excludes halogenated alkanes) is 28. The topological polar surface area (TPSA) is 49.4 Å². The summed E-state index contributed by atoms with van der Waals surface area (Å²) in [5.74, 6) is 0.576. The minimum absolute atomic E-state index is 0. The number of amides is 2. The third-order valence-electron chi connectivity index (χ3n) is 11.2. The van der Waals surface area contributed by atoms with Crippen LogP contribution in [0, 0.1) is 0 Å². The summed E-state index contributed by atoms with van der Waals surface area (Å²) in [5.41, 5.74) is 0. The number of halogens is 1. The lowest BCUT2D eigenvalue weighted by Crippen LogP contribution is -3.00. The molecule has 0 aromatic heterocycles. The van der Waals surface area contributed by atoms with Crippen molar-refractivity contribution in [3.05, 3.63) is 0 Å². The molecule has 0 aromatic carbocycles. The van der Waals surface area contributed by atoms with Crippen LogP contribution in [0.2, 0.25) is 0 Å². The molecule has 0 aliphatic carbocycles. The molecule has 0 bridgehead atoms. The van der Waals surface area contributed by atoms with Crippen molar-refractivity contribution in [3.8, 4) is 0 Å². The predicted octanol–water partition coefficient (Wildman–Crippen LogP) is 9.66. The van der Waals surface area contributed by atoms with Gasteiger partial charge in [-0.2, -0.15) is 0 Å². The molecule has 1 atom stereocenters. The largest absolute Gasteiger partial charge is 1.00 e. The monoisotopic (exact) mass is 726 g/mol. The highest BCUT2D eigenvalue weighted by molar-refractivity contribution is 5.77. The molecule has 6 heteroatoms. The molecule has 1 N–H and O–H groups in total. The maximum atomic E-state index is 12.4. The van der Waals surface area contributed by atoms with E-state index < -0.39 is 0 Å². The zero-order valence-corrected chi connectivity index (χ0v) is 34.9. The highest BCUT2D eigenvalue weighted by atomic mass is 35.5. The summed E-state index contributed by atoms with van der Waals surface area (Å²) in [5, 5.41) is 3.19. The van der Waals surface area contributed by atoms with Crippen LogP contribution in [0.3, 0.4) is 0 Å². The van der Waals surface area contributed by atoms with Crippen LogP contribution in [-0.2, 0) is 9.59 Å². The second-order valence-corrected chi connectivity index (χ2v) is 16.3. The Labute approximate surface area is 319 Å². The minimum Gasteiger partial charge on any atom is -1.00 e. The van der Waals surface area contributed by atoms with E-state index in [-0.39, 0.29) is 18.3 Å². The highest BCUT2D eigenvalue weighted by Gasteiger charge is 2.29. The summed E-state index contributed by atoms with van der Waals surface area (Å²) in [6.45, 7) is 9.42. The van der Waals surface area contributed by atoms with E-state index >= 15 is 0 Å². The highest BCUT2D eigenvalue weighted by Crippen LogP contribution is 2.18. The van der Waals surface area contributed by atoms with Gasteiger partial charge in [-0.3, -0.25) is 14.5 Å². The molecule has 5 nitrogen and oxygen atoms in total. The van der Waals surface area contributed by atoms with Gasteiger partial charge in [0.2, 0.25) is 11.8 Å². The van der Waals surface area contributed by atoms with E-state index in [0.717, 1.165) is 69.4 Å². The fourth-order valence-corrected chi connectivity index (χ4v) is 7.80. The van der Waals surface area contributed by atoms with Gasteiger partial charge in [-0.05, 0) is 38.5 Å². The molecule has 1 unspecified atom stereocenters. The second kappa shape index (κ2) is 36.5. The van der Waals surface area contributed by atoms with Crippen molar-refractivity contribution in [3.63, 3.8) is 0 Å². The van der Waals surface area contributed by atoms with Crippen molar-refractivity contribution in [2.24, 2.45) is 0 Å². The number of hydrogen-bond donors (Lipinski definition) is 1. The summed E-state index contributed by atoms with van der Waals surface area (Å²) in [7, 11) is 2.36. The van der Waals surface area contributed by atoms with Crippen molar-refractivity contribution in [1.29, 1.82) is 0 Å². The van der Waals surface area contributed by atoms with Gasteiger partial charge in [0.05, 0.1) is 20.1 Å². The van der Waals surface area contributed by atoms with Gasteiger partial charge in [0.1, 0.15) is 0 Å². The van der Waals surface area contributed by atoms with E-state index in [9.17, 15) is 9.59 Å². The summed E-state index contributed by atoms with van der Waals surface area (Å²) in [4.78, 5) is 26.9. The average Bonchev–Trinajstić information content (AvgIpc) is 3.49. The average molecular weight is 727 g/mol. The Morgan fingerprint density at radius 2 is 0.920 bits per heavy atom. The maximum absolute atomic E-state index is 12.4. The quantitative estimate of drug-likeness (QED) is 0.0509. The first kappa shape index (κ1) is 49.2. The third kappa shape index (κ3) is 30.8. The van der Waals surface area contributed by atoms with Crippen LogP contribution >= 0.6 is 0 Å². The van der Waals surface area contributed by atoms with E-state index in [4.69, 9.17) is 0 Å². The van der Waals surface area contributed by atoms with Gasteiger partial charge in [-0.1, -0.05) is 181 Å². The SMILES string of the molecule is CCCCCCCCCCCCCCCCCCCCCC(=O)NCCCC[N+](C)(CCCCCCCCCCCC)CN1CCCC1=O.[Cl-]. The predicted molar refractivity (Wildman–Crippen MR) is 214 cm³/mol. The van der Waals surface area contributed by atoms with Gasteiger partial charge in [-0.15, -0.1) is 0 Å². The molecule has 0 spiro atoms. The Hall–Kier alpha value is -0.810. The number of nitrogens with one attached hydrogen (secondary N) is 1. The van der Waals surface area contributed by atoms with E-state index in [1.807, 2.05) is 0 Å². The van der Waals surface area contributed by atoms with Gasteiger partial charge in [-0.25, -0.2) is 0 Å². The van der Waals surface area contributed by atoms with E-state index in [1.165, 1.54) is 180 Å². The third-order valence-corrected chi connectivity index (χ3v) is 11.2. The summed E-state index contributed by atoms with van der Waals surface area (Å²) >= 11 is 0. The van der Waals surface area contributed by atoms with Crippen molar-refractivity contribution >= 4 is 11.8 Å². The van der Waals surface area contributed by atoms with E-state index in [2.05, 4.69) is 31.1 Å². The molecule has 1 aliphatic heterocycles. The molecular weight excluding hydrogens is 638 g/mol. The Kier molecular flexibility index (Phi) is 36.0. The van der Waals surface area contributed by atoms with Crippen molar-refractivity contribution < 1.29 is 26.5 Å². The molecule has 0 aromatic rings.